The quantitative estimate of drug-likeness (QED) is 0.850. The maximum atomic E-state index is 12.7. The molecule has 2 saturated heterocycles. The molecule has 1 amide bonds. The average molecular weight is 341 g/mol. The highest BCUT2D eigenvalue weighted by Gasteiger charge is 2.31. The van der Waals surface area contributed by atoms with Gasteiger partial charge in [0.1, 0.15) is 0 Å². The van der Waals surface area contributed by atoms with Gasteiger partial charge in [-0.15, -0.1) is 0 Å². The highest BCUT2D eigenvalue weighted by Crippen LogP contribution is 2.32. The predicted octanol–water partition coefficient (Wildman–Crippen LogP) is 3.72. The fourth-order valence-corrected chi connectivity index (χ4v) is 4.42. The van der Waals surface area contributed by atoms with E-state index < -0.39 is 0 Å². The van der Waals surface area contributed by atoms with Gasteiger partial charge in [-0.3, -0.25) is 14.7 Å². The molecule has 5 heteroatoms. The molecule has 4 heterocycles. The number of carbonyl (C=O) groups is 1. The molecule has 0 N–H and O–H groups in total. The molecule has 0 saturated carbocycles. The van der Waals surface area contributed by atoms with Crippen LogP contribution in [0.4, 0.5) is 0 Å². The molecule has 24 heavy (non-hydrogen) atoms. The molecule has 0 spiro atoms. The Kier molecular flexibility index (Phi) is 4.63. The second-order valence-electron chi connectivity index (χ2n) is 6.74. The number of likely N-dealkylation sites (tertiary alicyclic amines) is 2. The molecule has 126 valence electrons. The zero-order valence-electron chi connectivity index (χ0n) is 13.9. The van der Waals surface area contributed by atoms with Gasteiger partial charge >= 0.3 is 0 Å². The van der Waals surface area contributed by atoms with E-state index in [1.165, 1.54) is 31.5 Å². The van der Waals surface area contributed by atoms with Crippen molar-refractivity contribution in [1.82, 2.24) is 14.8 Å². The van der Waals surface area contributed by atoms with Gasteiger partial charge in [0, 0.05) is 24.7 Å². The molecule has 4 nitrogen and oxygen atoms in total. The molecule has 1 atom stereocenters. The van der Waals surface area contributed by atoms with Crippen molar-refractivity contribution < 1.29 is 4.79 Å². The number of pyridine rings is 1. The van der Waals surface area contributed by atoms with Crippen LogP contribution in [0.2, 0.25) is 0 Å². The smallest absolute Gasteiger partial charge is 0.255 e. The lowest BCUT2D eigenvalue weighted by atomic mass is 10.1. The first-order valence-electron chi connectivity index (χ1n) is 8.81. The van der Waals surface area contributed by atoms with Crippen molar-refractivity contribution >= 4 is 17.2 Å². The maximum Gasteiger partial charge on any atom is 0.255 e. The lowest BCUT2D eigenvalue weighted by molar-refractivity contribution is 0.0733. The molecule has 0 bridgehead atoms. The number of thiophene rings is 1. The van der Waals surface area contributed by atoms with Crippen molar-refractivity contribution in [1.29, 1.82) is 0 Å². The van der Waals surface area contributed by atoms with Crippen molar-refractivity contribution in [2.45, 2.75) is 38.3 Å². The van der Waals surface area contributed by atoms with E-state index in [9.17, 15) is 4.79 Å². The van der Waals surface area contributed by atoms with E-state index in [1.54, 1.807) is 11.3 Å². The molecular weight excluding hydrogens is 318 g/mol. The zero-order chi connectivity index (χ0) is 16.4. The summed E-state index contributed by atoms with van der Waals surface area (Å²) in [6.07, 6.45) is 6.69. The highest BCUT2D eigenvalue weighted by molar-refractivity contribution is 7.08. The van der Waals surface area contributed by atoms with Crippen molar-refractivity contribution in [3.8, 4) is 0 Å². The first kappa shape index (κ1) is 15.8. The van der Waals surface area contributed by atoms with Crippen LogP contribution in [0.15, 0.2) is 35.2 Å². The van der Waals surface area contributed by atoms with Crippen LogP contribution in [0.5, 0.6) is 0 Å². The Hall–Kier alpha value is -1.72. The zero-order valence-corrected chi connectivity index (χ0v) is 14.7. The Morgan fingerprint density at radius 2 is 2.04 bits per heavy atom. The molecule has 4 rings (SSSR count). The molecule has 0 unspecified atom stereocenters. The van der Waals surface area contributed by atoms with Gasteiger partial charge in [-0.05, 0) is 61.8 Å². The summed E-state index contributed by atoms with van der Waals surface area (Å²) >= 11 is 1.57. The summed E-state index contributed by atoms with van der Waals surface area (Å²) in [5.41, 5.74) is 3.10. The number of carbonyl (C=O) groups excluding carboxylic acids is 1. The van der Waals surface area contributed by atoms with Gasteiger partial charge < -0.3 is 4.90 Å². The summed E-state index contributed by atoms with van der Waals surface area (Å²) in [5, 5.41) is 3.90. The summed E-state index contributed by atoms with van der Waals surface area (Å²) < 4.78 is 0. The van der Waals surface area contributed by atoms with Crippen molar-refractivity contribution in [3.05, 3.63) is 52.0 Å². The third-order valence-electron chi connectivity index (χ3n) is 5.08. The SMILES string of the molecule is O=C(c1ccsc1)N1CCC[C@@H]1c1ccc(CN2CCCC2)cn1. The number of aromatic nitrogens is 1. The summed E-state index contributed by atoms with van der Waals surface area (Å²) in [7, 11) is 0. The van der Waals surface area contributed by atoms with Crippen LogP contribution < -0.4 is 0 Å². The van der Waals surface area contributed by atoms with Crippen LogP contribution in [0, 0.1) is 0 Å². The fraction of sp³-hybridized carbons (Fsp3) is 0.474. The molecule has 0 aliphatic carbocycles. The van der Waals surface area contributed by atoms with E-state index in [0.29, 0.717) is 0 Å². The molecule has 0 aromatic carbocycles. The van der Waals surface area contributed by atoms with Gasteiger partial charge in [-0.1, -0.05) is 6.07 Å². The average Bonchev–Trinajstić information content (AvgIpc) is 3.36. The molecular formula is C19H23N3OS. The summed E-state index contributed by atoms with van der Waals surface area (Å²) in [6, 6.07) is 6.34. The first-order chi connectivity index (χ1) is 11.8. The summed E-state index contributed by atoms with van der Waals surface area (Å²) in [4.78, 5) is 21.9. The molecule has 0 radical (unpaired) electrons. The van der Waals surface area contributed by atoms with Gasteiger partial charge in [-0.25, -0.2) is 0 Å². The van der Waals surface area contributed by atoms with Crippen molar-refractivity contribution in [3.63, 3.8) is 0 Å². The third-order valence-corrected chi connectivity index (χ3v) is 5.76. The molecule has 2 aliphatic heterocycles. The highest BCUT2D eigenvalue weighted by atomic mass is 32.1. The van der Waals surface area contributed by atoms with Gasteiger partial charge in [0.2, 0.25) is 0 Å². The number of rotatable bonds is 4. The lowest BCUT2D eigenvalue weighted by Gasteiger charge is -2.24. The van der Waals surface area contributed by atoms with E-state index in [0.717, 1.165) is 37.2 Å². The lowest BCUT2D eigenvalue weighted by Crippen LogP contribution is -2.30. The Morgan fingerprint density at radius 1 is 1.17 bits per heavy atom. The van der Waals surface area contributed by atoms with E-state index in [2.05, 4.69) is 17.0 Å². The van der Waals surface area contributed by atoms with Gasteiger partial charge in [-0.2, -0.15) is 11.3 Å². The Labute approximate surface area is 147 Å². The third kappa shape index (κ3) is 3.23. The summed E-state index contributed by atoms with van der Waals surface area (Å²) in [6.45, 7) is 4.23. The topological polar surface area (TPSA) is 36.4 Å². The second-order valence-corrected chi connectivity index (χ2v) is 7.52. The van der Waals surface area contributed by atoms with Crippen LogP contribution in [-0.4, -0.2) is 40.3 Å². The van der Waals surface area contributed by atoms with E-state index in [4.69, 9.17) is 4.98 Å². The van der Waals surface area contributed by atoms with Gasteiger partial charge in [0.15, 0.2) is 0 Å². The molecule has 2 aromatic rings. The van der Waals surface area contributed by atoms with Crippen molar-refractivity contribution in [2.75, 3.05) is 19.6 Å². The van der Waals surface area contributed by atoms with Crippen LogP contribution in [0.1, 0.15) is 53.3 Å². The number of hydrogen-bond acceptors (Lipinski definition) is 4. The standard InChI is InChI=1S/C19H23N3OS/c23-19(16-7-11-24-14-16)22-10-3-4-18(22)17-6-5-15(12-20-17)13-21-8-1-2-9-21/h5-7,11-12,14,18H,1-4,8-10,13H2/t18-/m1/s1. The van der Waals surface area contributed by atoms with Gasteiger partial charge in [0.05, 0.1) is 17.3 Å². The monoisotopic (exact) mass is 341 g/mol. The van der Waals surface area contributed by atoms with E-state index in [1.807, 2.05) is 27.9 Å². The maximum absolute atomic E-state index is 12.7. The normalized spacial score (nSPS) is 21.5. The second kappa shape index (κ2) is 7.03. The van der Waals surface area contributed by atoms with Crippen molar-refractivity contribution in [2.24, 2.45) is 0 Å². The number of amides is 1. The molecule has 2 aromatic heterocycles. The number of hydrogen-bond donors (Lipinski definition) is 0. The predicted molar refractivity (Wildman–Crippen MR) is 96.1 cm³/mol. The van der Waals surface area contributed by atoms with E-state index >= 15 is 0 Å². The van der Waals surface area contributed by atoms with Crippen LogP contribution in [-0.2, 0) is 6.54 Å². The van der Waals surface area contributed by atoms with Crippen LogP contribution >= 0.6 is 11.3 Å². The summed E-state index contributed by atoms with van der Waals surface area (Å²) in [5.74, 6) is 0.140. The van der Waals surface area contributed by atoms with E-state index in [-0.39, 0.29) is 11.9 Å². The first-order valence-corrected chi connectivity index (χ1v) is 9.76. The fourth-order valence-electron chi connectivity index (χ4n) is 3.79. The largest absolute Gasteiger partial charge is 0.330 e. The minimum Gasteiger partial charge on any atom is -0.330 e. The van der Waals surface area contributed by atoms with Crippen LogP contribution in [0.25, 0.3) is 0 Å². The number of nitrogens with zero attached hydrogens (tertiary/aromatic N) is 3. The molecule has 2 fully saturated rings. The molecule has 2 aliphatic rings. The van der Waals surface area contributed by atoms with Gasteiger partial charge in [0.25, 0.3) is 5.91 Å². The minimum atomic E-state index is 0.123. The Balaban J connectivity index is 1.46. The Morgan fingerprint density at radius 3 is 2.75 bits per heavy atom. The van der Waals surface area contributed by atoms with Crippen LogP contribution in [0.3, 0.4) is 0 Å². The minimum absolute atomic E-state index is 0.123. The Bertz CT molecular complexity index is 677.